The molecule has 0 saturated heterocycles. The lowest BCUT2D eigenvalue weighted by atomic mass is 10.2. The summed E-state index contributed by atoms with van der Waals surface area (Å²) in [6.07, 6.45) is 0.435. The summed E-state index contributed by atoms with van der Waals surface area (Å²) in [5.41, 5.74) is 6.06. The van der Waals surface area contributed by atoms with Gasteiger partial charge in [0.2, 0.25) is 5.91 Å². The minimum atomic E-state index is -0.651. The molecule has 0 saturated carbocycles. The lowest BCUT2D eigenvalue weighted by molar-refractivity contribution is -0.117. The first-order valence-corrected chi connectivity index (χ1v) is 5.81. The second kappa shape index (κ2) is 6.81. The lowest BCUT2D eigenvalue weighted by Crippen LogP contribution is -2.36. The second-order valence-corrected chi connectivity index (χ2v) is 4.29. The molecule has 1 aromatic rings. The number of carbonyl (C=O) groups is 1. The quantitative estimate of drug-likeness (QED) is 0.868. The van der Waals surface area contributed by atoms with Gasteiger partial charge in [-0.2, -0.15) is 0 Å². The standard InChI is InChI=1S/C11H14Cl2N2O2/c1-17-6-5-9(14)11(16)15-10-7(12)3-2-4-8(10)13/h2-4,9H,5-6,14H2,1H3,(H,15,16). The second-order valence-electron chi connectivity index (χ2n) is 3.47. The zero-order valence-corrected chi connectivity index (χ0v) is 10.9. The number of nitrogens with one attached hydrogen (secondary N) is 1. The van der Waals surface area contributed by atoms with Gasteiger partial charge in [-0.05, 0) is 18.6 Å². The summed E-state index contributed by atoms with van der Waals surface area (Å²) in [5.74, 6) is -0.336. The number of para-hydroxylation sites is 1. The van der Waals surface area contributed by atoms with Crippen molar-refractivity contribution in [1.29, 1.82) is 0 Å². The van der Waals surface area contributed by atoms with E-state index in [0.29, 0.717) is 28.8 Å². The molecule has 0 bridgehead atoms. The van der Waals surface area contributed by atoms with E-state index in [2.05, 4.69) is 5.32 Å². The van der Waals surface area contributed by atoms with Crippen molar-refractivity contribution in [3.05, 3.63) is 28.2 Å². The highest BCUT2D eigenvalue weighted by Crippen LogP contribution is 2.29. The van der Waals surface area contributed by atoms with Gasteiger partial charge in [0.15, 0.2) is 0 Å². The number of ether oxygens (including phenoxy) is 1. The first-order chi connectivity index (χ1) is 8.06. The van der Waals surface area contributed by atoms with E-state index in [1.165, 1.54) is 0 Å². The Bertz CT molecular complexity index is 379. The molecule has 1 aromatic carbocycles. The molecular weight excluding hydrogens is 263 g/mol. The molecule has 1 rings (SSSR count). The molecule has 1 amide bonds. The van der Waals surface area contributed by atoms with E-state index in [1.807, 2.05) is 0 Å². The average Bonchev–Trinajstić information content (AvgIpc) is 2.30. The molecule has 0 heterocycles. The van der Waals surface area contributed by atoms with Crippen LogP contribution in [0.2, 0.25) is 10.0 Å². The van der Waals surface area contributed by atoms with Gasteiger partial charge in [-0.25, -0.2) is 0 Å². The Morgan fingerprint density at radius 1 is 1.47 bits per heavy atom. The van der Waals surface area contributed by atoms with Crippen molar-refractivity contribution in [3.8, 4) is 0 Å². The summed E-state index contributed by atoms with van der Waals surface area (Å²) < 4.78 is 4.85. The van der Waals surface area contributed by atoms with Crippen molar-refractivity contribution in [2.24, 2.45) is 5.73 Å². The van der Waals surface area contributed by atoms with Gasteiger partial charge < -0.3 is 15.8 Å². The number of hydrogen-bond acceptors (Lipinski definition) is 3. The van der Waals surface area contributed by atoms with Crippen LogP contribution in [0.3, 0.4) is 0 Å². The van der Waals surface area contributed by atoms with Crippen LogP contribution >= 0.6 is 23.2 Å². The maximum absolute atomic E-state index is 11.7. The molecule has 0 aliphatic heterocycles. The Morgan fingerprint density at radius 3 is 2.59 bits per heavy atom. The highest BCUT2D eigenvalue weighted by Gasteiger charge is 2.16. The van der Waals surface area contributed by atoms with Crippen molar-refractivity contribution in [2.75, 3.05) is 19.0 Å². The average molecular weight is 277 g/mol. The molecule has 1 atom stereocenters. The van der Waals surface area contributed by atoms with Crippen LogP contribution in [0.1, 0.15) is 6.42 Å². The van der Waals surface area contributed by atoms with Crippen molar-refractivity contribution >= 4 is 34.8 Å². The fourth-order valence-electron chi connectivity index (χ4n) is 1.21. The van der Waals surface area contributed by atoms with Crippen LogP contribution in [0, 0.1) is 0 Å². The van der Waals surface area contributed by atoms with Crippen LogP contribution in [0.25, 0.3) is 0 Å². The van der Waals surface area contributed by atoms with E-state index in [4.69, 9.17) is 33.7 Å². The third-order valence-electron chi connectivity index (χ3n) is 2.18. The highest BCUT2D eigenvalue weighted by molar-refractivity contribution is 6.39. The normalized spacial score (nSPS) is 12.2. The Kier molecular flexibility index (Phi) is 5.71. The summed E-state index contributed by atoms with van der Waals surface area (Å²) in [4.78, 5) is 11.7. The molecule has 0 fully saturated rings. The number of carbonyl (C=O) groups excluding carboxylic acids is 1. The van der Waals surface area contributed by atoms with Gasteiger partial charge in [0.05, 0.1) is 21.8 Å². The first kappa shape index (κ1) is 14.3. The number of methoxy groups -OCH3 is 1. The molecule has 6 heteroatoms. The zero-order chi connectivity index (χ0) is 12.8. The van der Waals surface area contributed by atoms with Gasteiger partial charge >= 0.3 is 0 Å². The Hall–Kier alpha value is -0.810. The summed E-state index contributed by atoms with van der Waals surface area (Å²) in [6, 6.07) is 4.33. The molecule has 0 aliphatic rings. The minimum absolute atomic E-state index is 0.336. The largest absolute Gasteiger partial charge is 0.385 e. The SMILES string of the molecule is COCCC(N)C(=O)Nc1c(Cl)cccc1Cl. The lowest BCUT2D eigenvalue weighted by Gasteiger charge is -2.13. The van der Waals surface area contributed by atoms with Gasteiger partial charge in [0.25, 0.3) is 0 Å². The van der Waals surface area contributed by atoms with Crippen LogP contribution in [0.4, 0.5) is 5.69 Å². The van der Waals surface area contributed by atoms with E-state index < -0.39 is 6.04 Å². The summed E-state index contributed by atoms with van der Waals surface area (Å²) in [6.45, 7) is 0.421. The smallest absolute Gasteiger partial charge is 0.241 e. The third-order valence-corrected chi connectivity index (χ3v) is 2.81. The van der Waals surface area contributed by atoms with Gasteiger partial charge in [0.1, 0.15) is 0 Å². The van der Waals surface area contributed by atoms with E-state index in [-0.39, 0.29) is 5.91 Å². The summed E-state index contributed by atoms with van der Waals surface area (Å²) in [7, 11) is 1.55. The fourth-order valence-corrected chi connectivity index (χ4v) is 1.70. The number of hydrogen-bond donors (Lipinski definition) is 2. The number of benzene rings is 1. The molecule has 0 radical (unpaired) electrons. The molecule has 17 heavy (non-hydrogen) atoms. The van der Waals surface area contributed by atoms with Crippen LogP contribution in [0.5, 0.6) is 0 Å². The molecule has 0 spiro atoms. The Labute approximate surface area is 110 Å². The minimum Gasteiger partial charge on any atom is -0.385 e. The molecule has 3 N–H and O–H groups in total. The van der Waals surface area contributed by atoms with Gasteiger partial charge in [0, 0.05) is 13.7 Å². The first-order valence-electron chi connectivity index (χ1n) is 5.05. The van der Waals surface area contributed by atoms with E-state index >= 15 is 0 Å². The Morgan fingerprint density at radius 2 is 2.06 bits per heavy atom. The van der Waals surface area contributed by atoms with Crippen molar-refractivity contribution in [1.82, 2.24) is 0 Å². The zero-order valence-electron chi connectivity index (χ0n) is 9.37. The number of nitrogens with two attached hydrogens (primary N) is 1. The van der Waals surface area contributed by atoms with E-state index in [1.54, 1.807) is 25.3 Å². The van der Waals surface area contributed by atoms with Crippen LogP contribution in [-0.4, -0.2) is 25.7 Å². The molecule has 1 unspecified atom stereocenters. The molecule has 4 nitrogen and oxygen atoms in total. The Balaban J connectivity index is 2.68. The predicted octanol–water partition coefficient (Wildman–Crippen LogP) is 2.30. The van der Waals surface area contributed by atoms with Crippen molar-refractivity contribution < 1.29 is 9.53 Å². The van der Waals surface area contributed by atoms with Gasteiger partial charge in [-0.15, -0.1) is 0 Å². The van der Waals surface area contributed by atoms with Crippen molar-refractivity contribution in [3.63, 3.8) is 0 Å². The van der Waals surface area contributed by atoms with Crippen molar-refractivity contribution in [2.45, 2.75) is 12.5 Å². The monoisotopic (exact) mass is 276 g/mol. The van der Waals surface area contributed by atoms with Crippen LogP contribution in [-0.2, 0) is 9.53 Å². The number of rotatable bonds is 5. The molecule has 0 aliphatic carbocycles. The number of amides is 1. The topological polar surface area (TPSA) is 64.3 Å². The summed E-state index contributed by atoms with van der Waals surface area (Å²) >= 11 is 11.8. The van der Waals surface area contributed by atoms with Crippen LogP contribution < -0.4 is 11.1 Å². The van der Waals surface area contributed by atoms with E-state index in [9.17, 15) is 4.79 Å². The maximum Gasteiger partial charge on any atom is 0.241 e. The maximum atomic E-state index is 11.7. The third kappa shape index (κ3) is 4.16. The van der Waals surface area contributed by atoms with Gasteiger partial charge in [-0.1, -0.05) is 29.3 Å². The predicted molar refractivity (Wildman–Crippen MR) is 69.6 cm³/mol. The molecule has 0 aromatic heterocycles. The highest BCUT2D eigenvalue weighted by atomic mass is 35.5. The fraction of sp³-hybridized carbons (Fsp3) is 0.364. The molecular formula is C11H14Cl2N2O2. The summed E-state index contributed by atoms with van der Waals surface area (Å²) in [5, 5.41) is 3.36. The van der Waals surface area contributed by atoms with Crippen LogP contribution in [0.15, 0.2) is 18.2 Å². The number of anilines is 1. The van der Waals surface area contributed by atoms with E-state index in [0.717, 1.165) is 0 Å². The van der Waals surface area contributed by atoms with Gasteiger partial charge in [-0.3, -0.25) is 4.79 Å². The number of halogens is 2. The molecule has 94 valence electrons.